The fourth-order valence-corrected chi connectivity index (χ4v) is 3.82. The Kier molecular flexibility index (Phi) is 3.56. The molecular weight excluding hydrogens is 289 g/mol. The van der Waals surface area contributed by atoms with Gasteiger partial charge >= 0.3 is 6.18 Å². The van der Waals surface area contributed by atoms with E-state index in [0.29, 0.717) is 12.5 Å². The van der Waals surface area contributed by atoms with Gasteiger partial charge in [-0.2, -0.15) is 13.2 Å². The second-order valence-electron chi connectivity index (χ2n) is 5.88. The van der Waals surface area contributed by atoms with Crippen LogP contribution in [-0.2, 0) is 6.18 Å². The maximum Gasteiger partial charge on any atom is 0.416 e. The topological polar surface area (TPSA) is 24.9 Å². The second-order valence-corrected chi connectivity index (χ2v) is 6.26. The predicted molar refractivity (Wildman–Crippen MR) is 71.7 cm³/mol. The van der Waals surface area contributed by atoms with Crippen molar-refractivity contribution in [2.45, 2.75) is 31.9 Å². The van der Waals surface area contributed by atoms with E-state index in [1.165, 1.54) is 25.7 Å². The molecule has 0 aromatic carbocycles. The van der Waals surface area contributed by atoms with Crippen molar-refractivity contribution in [3.05, 3.63) is 22.8 Å². The highest BCUT2D eigenvalue weighted by atomic mass is 35.5. The molecule has 2 aliphatic carbocycles. The molecule has 0 saturated heterocycles. The molecule has 6 heteroatoms. The molecule has 1 N–H and O–H groups in total. The van der Waals surface area contributed by atoms with Crippen molar-refractivity contribution in [3.8, 4) is 0 Å². The van der Waals surface area contributed by atoms with E-state index in [-0.39, 0.29) is 11.0 Å². The summed E-state index contributed by atoms with van der Waals surface area (Å²) in [7, 11) is 0. The Morgan fingerprint density at radius 1 is 1.25 bits per heavy atom. The van der Waals surface area contributed by atoms with Crippen LogP contribution in [0.25, 0.3) is 0 Å². The van der Waals surface area contributed by atoms with Gasteiger partial charge in [-0.1, -0.05) is 18.0 Å². The van der Waals surface area contributed by atoms with Crippen LogP contribution < -0.4 is 5.32 Å². The maximum absolute atomic E-state index is 12.7. The Morgan fingerprint density at radius 2 is 2.05 bits per heavy atom. The van der Waals surface area contributed by atoms with E-state index < -0.39 is 11.7 Å². The highest BCUT2D eigenvalue weighted by Gasteiger charge is 2.39. The molecule has 1 aromatic heterocycles. The smallest absolute Gasteiger partial charge is 0.370 e. The second kappa shape index (κ2) is 5.10. The highest BCUT2D eigenvalue weighted by molar-refractivity contribution is 6.29. The fraction of sp³-hybridized carbons (Fsp3) is 0.643. The largest absolute Gasteiger partial charge is 0.416 e. The number of nitrogens with one attached hydrogen (secondary N) is 1. The van der Waals surface area contributed by atoms with Gasteiger partial charge in [0.15, 0.2) is 0 Å². The molecule has 3 unspecified atom stereocenters. The molecule has 0 aliphatic heterocycles. The average Bonchev–Trinajstić information content (AvgIpc) is 2.96. The summed E-state index contributed by atoms with van der Waals surface area (Å²) >= 11 is 5.66. The summed E-state index contributed by atoms with van der Waals surface area (Å²) < 4.78 is 38.1. The minimum absolute atomic E-state index is 0.129. The first-order chi connectivity index (χ1) is 9.41. The number of fused-ring (bicyclic) bond motifs is 2. The zero-order chi connectivity index (χ0) is 14.3. The van der Waals surface area contributed by atoms with Gasteiger partial charge in [-0.25, -0.2) is 4.98 Å². The lowest BCUT2D eigenvalue weighted by atomic mass is 9.89. The molecule has 2 saturated carbocycles. The number of nitrogens with zero attached hydrogens (tertiary/aromatic N) is 1. The van der Waals surface area contributed by atoms with Crippen LogP contribution in [0.2, 0.25) is 5.15 Å². The van der Waals surface area contributed by atoms with E-state index in [9.17, 15) is 13.2 Å². The summed E-state index contributed by atoms with van der Waals surface area (Å²) in [4.78, 5) is 3.92. The average molecular weight is 305 g/mol. The van der Waals surface area contributed by atoms with Gasteiger partial charge in [-0.05, 0) is 49.1 Å². The molecule has 20 heavy (non-hydrogen) atoms. The number of halogens is 4. The number of rotatable bonds is 3. The normalized spacial score (nSPS) is 28.9. The number of aromatic nitrogens is 1. The molecule has 2 fully saturated rings. The van der Waals surface area contributed by atoms with E-state index in [2.05, 4.69) is 10.3 Å². The predicted octanol–water partition coefficient (Wildman–Crippen LogP) is 4.60. The van der Waals surface area contributed by atoms with Crippen molar-refractivity contribution in [1.82, 2.24) is 4.98 Å². The van der Waals surface area contributed by atoms with Crippen LogP contribution in [-0.4, -0.2) is 11.5 Å². The van der Waals surface area contributed by atoms with Crippen molar-refractivity contribution in [1.29, 1.82) is 0 Å². The number of hydrogen-bond donors (Lipinski definition) is 1. The number of alkyl halides is 3. The van der Waals surface area contributed by atoms with Gasteiger partial charge in [-0.15, -0.1) is 0 Å². The van der Waals surface area contributed by atoms with Crippen molar-refractivity contribution in [2.75, 3.05) is 11.9 Å². The lowest BCUT2D eigenvalue weighted by molar-refractivity contribution is -0.137. The highest BCUT2D eigenvalue weighted by Crippen LogP contribution is 2.48. The Labute approximate surface area is 120 Å². The van der Waals surface area contributed by atoms with Gasteiger partial charge in [0.2, 0.25) is 0 Å². The van der Waals surface area contributed by atoms with Gasteiger partial charge in [0.05, 0.1) is 5.56 Å². The van der Waals surface area contributed by atoms with Crippen LogP contribution in [0.5, 0.6) is 0 Å². The molecule has 0 radical (unpaired) electrons. The molecule has 110 valence electrons. The Bertz CT molecular complexity index is 504. The van der Waals surface area contributed by atoms with Gasteiger partial charge in [0.1, 0.15) is 11.0 Å². The summed E-state index contributed by atoms with van der Waals surface area (Å²) in [6.07, 6.45) is 0.644. The first-order valence-corrected chi connectivity index (χ1v) is 7.28. The van der Waals surface area contributed by atoms with Crippen molar-refractivity contribution in [2.24, 2.45) is 17.8 Å². The number of anilines is 1. The first kappa shape index (κ1) is 14.0. The van der Waals surface area contributed by atoms with Gasteiger partial charge < -0.3 is 5.32 Å². The van der Waals surface area contributed by atoms with Gasteiger partial charge in [0.25, 0.3) is 0 Å². The molecule has 0 amide bonds. The zero-order valence-corrected chi connectivity index (χ0v) is 11.6. The third kappa shape index (κ3) is 2.87. The lowest BCUT2D eigenvalue weighted by Crippen LogP contribution is -2.20. The lowest BCUT2D eigenvalue weighted by Gasteiger charge is -2.22. The Balaban J connectivity index is 1.67. The van der Waals surface area contributed by atoms with E-state index in [4.69, 9.17) is 11.6 Å². The SMILES string of the molecule is FC(F)(F)c1cc(Cl)nc(NCC2CC3CCC2C3)c1. The minimum Gasteiger partial charge on any atom is -0.370 e. The monoisotopic (exact) mass is 304 g/mol. The molecular formula is C14H16ClF3N2. The molecule has 3 rings (SSSR count). The first-order valence-electron chi connectivity index (χ1n) is 6.90. The van der Waals surface area contributed by atoms with Crippen LogP contribution in [0, 0.1) is 17.8 Å². The van der Waals surface area contributed by atoms with Gasteiger partial charge in [-0.3, -0.25) is 0 Å². The zero-order valence-electron chi connectivity index (χ0n) is 10.9. The Morgan fingerprint density at radius 3 is 2.65 bits per heavy atom. The van der Waals surface area contributed by atoms with Crippen LogP contribution >= 0.6 is 11.6 Å². The van der Waals surface area contributed by atoms with Crippen molar-refractivity contribution < 1.29 is 13.2 Å². The number of hydrogen-bond acceptors (Lipinski definition) is 2. The summed E-state index contributed by atoms with van der Waals surface area (Å²) in [5.41, 5.74) is -0.757. The minimum atomic E-state index is -4.39. The van der Waals surface area contributed by atoms with E-state index in [1.54, 1.807) is 0 Å². The van der Waals surface area contributed by atoms with E-state index in [1.807, 2.05) is 0 Å². The third-order valence-corrected chi connectivity index (χ3v) is 4.74. The molecule has 2 nitrogen and oxygen atoms in total. The molecule has 3 atom stereocenters. The fourth-order valence-electron chi connectivity index (χ4n) is 3.61. The van der Waals surface area contributed by atoms with Crippen molar-refractivity contribution >= 4 is 17.4 Å². The summed E-state index contributed by atoms with van der Waals surface area (Å²) in [5, 5.41) is 2.90. The quantitative estimate of drug-likeness (QED) is 0.825. The van der Waals surface area contributed by atoms with Crippen LogP contribution in [0.1, 0.15) is 31.2 Å². The molecule has 0 spiro atoms. The molecule has 2 bridgehead atoms. The molecule has 2 aliphatic rings. The van der Waals surface area contributed by atoms with Crippen LogP contribution in [0.4, 0.5) is 19.0 Å². The molecule has 1 heterocycles. The summed E-state index contributed by atoms with van der Waals surface area (Å²) in [5.74, 6) is 2.33. The van der Waals surface area contributed by atoms with Gasteiger partial charge in [0, 0.05) is 6.54 Å². The maximum atomic E-state index is 12.7. The summed E-state index contributed by atoms with van der Waals surface area (Å²) in [6.45, 7) is 0.686. The van der Waals surface area contributed by atoms with E-state index in [0.717, 1.165) is 24.0 Å². The van der Waals surface area contributed by atoms with E-state index >= 15 is 0 Å². The van der Waals surface area contributed by atoms with Crippen LogP contribution in [0.15, 0.2) is 12.1 Å². The van der Waals surface area contributed by atoms with Crippen molar-refractivity contribution in [3.63, 3.8) is 0 Å². The summed E-state index contributed by atoms with van der Waals surface area (Å²) in [6, 6.07) is 1.88. The molecule has 1 aromatic rings. The third-order valence-electron chi connectivity index (χ3n) is 4.55. The number of pyridine rings is 1. The Hall–Kier alpha value is -0.970. The van der Waals surface area contributed by atoms with Crippen LogP contribution in [0.3, 0.4) is 0 Å². The standard InChI is InChI=1S/C14H16ClF3N2/c15-12-5-11(14(16,17)18)6-13(20-12)19-7-10-4-8-1-2-9(10)3-8/h5-6,8-10H,1-4,7H2,(H,19,20).